The van der Waals surface area contributed by atoms with Crippen LogP contribution in [-0.4, -0.2) is 41.1 Å². The summed E-state index contributed by atoms with van der Waals surface area (Å²) < 4.78 is 0. The topological polar surface area (TPSA) is 69.6 Å². The molecule has 1 aliphatic heterocycles. The van der Waals surface area contributed by atoms with Gasteiger partial charge in [0, 0.05) is 19.1 Å². The van der Waals surface area contributed by atoms with Crippen LogP contribution in [-0.2, 0) is 4.79 Å². The van der Waals surface area contributed by atoms with Gasteiger partial charge >= 0.3 is 12.0 Å². The first-order valence-electron chi connectivity index (χ1n) is 8.10. The second-order valence-electron chi connectivity index (χ2n) is 7.34. The first-order chi connectivity index (χ1) is 9.82. The number of nitrogens with zero attached hydrogens (tertiary/aromatic N) is 1. The molecular formula is C16H28N2O3. The molecule has 1 aliphatic carbocycles. The van der Waals surface area contributed by atoms with Crippen LogP contribution in [0.25, 0.3) is 0 Å². The lowest BCUT2D eigenvalue weighted by Crippen LogP contribution is -2.54. The van der Waals surface area contributed by atoms with Gasteiger partial charge in [-0.2, -0.15) is 0 Å². The van der Waals surface area contributed by atoms with E-state index in [0.717, 1.165) is 31.6 Å². The van der Waals surface area contributed by atoms with E-state index in [1.807, 2.05) is 0 Å². The van der Waals surface area contributed by atoms with E-state index in [2.05, 4.69) is 19.2 Å². The molecule has 2 aliphatic rings. The van der Waals surface area contributed by atoms with Crippen LogP contribution < -0.4 is 5.32 Å². The number of carbonyl (C=O) groups is 2. The molecule has 4 unspecified atom stereocenters. The molecule has 0 aromatic heterocycles. The van der Waals surface area contributed by atoms with Crippen LogP contribution in [0, 0.1) is 17.3 Å². The molecule has 21 heavy (non-hydrogen) atoms. The molecule has 5 heteroatoms. The molecule has 0 aromatic rings. The first kappa shape index (κ1) is 16.1. The minimum Gasteiger partial charge on any atom is -0.481 e. The fourth-order valence-electron chi connectivity index (χ4n) is 3.72. The van der Waals surface area contributed by atoms with Crippen molar-refractivity contribution >= 4 is 12.0 Å². The minimum atomic E-state index is -0.806. The van der Waals surface area contributed by atoms with Gasteiger partial charge in [0.2, 0.25) is 0 Å². The summed E-state index contributed by atoms with van der Waals surface area (Å²) in [6, 6.07) is 0.139. The molecule has 2 fully saturated rings. The van der Waals surface area contributed by atoms with E-state index in [1.165, 1.54) is 0 Å². The summed E-state index contributed by atoms with van der Waals surface area (Å²) in [5.41, 5.74) is -0.803. The van der Waals surface area contributed by atoms with E-state index in [4.69, 9.17) is 0 Å². The van der Waals surface area contributed by atoms with Crippen molar-refractivity contribution in [1.29, 1.82) is 0 Å². The van der Waals surface area contributed by atoms with Gasteiger partial charge < -0.3 is 15.3 Å². The average molecular weight is 296 g/mol. The van der Waals surface area contributed by atoms with Gasteiger partial charge in [-0.25, -0.2) is 4.79 Å². The van der Waals surface area contributed by atoms with E-state index in [-0.39, 0.29) is 12.1 Å². The third-order valence-electron chi connectivity index (χ3n) is 5.24. The Hall–Kier alpha value is -1.26. The summed E-state index contributed by atoms with van der Waals surface area (Å²) in [5.74, 6) is 0.423. The van der Waals surface area contributed by atoms with Gasteiger partial charge in [-0.05, 0) is 50.9 Å². The summed E-state index contributed by atoms with van der Waals surface area (Å²) in [6.07, 6.45) is 4.73. The number of carboxylic acid groups (broad SMARTS) is 1. The Morgan fingerprint density at radius 3 is 2.62 bits per heavy atom. The smallest absolute Gasteiger partial charge is 0.317 e. The molecule has 0 spiro atoms. The maximum absolute atomic E-state index is 12.4. The van der Waals surface area contributed by atoms with Crippen LogP contribution in [0.15, 0.2) is 0 Å². The molecule has 1 heterocycles. The SMILES string of the molecule is CC1CCC(NC(=O)N2CCCC(C)(C(=O)O)C2)C(C)C1. The Morgan fingerprint density at radius 2 is 2.00 bits per heavy atom. The molecule has 120 valence electrons. The standard InChI is InChI=1S/C16H28N2O3/c1-11-5-6-13(12(2)9-11)17-15(21)18-8-4-7-16(3,10-18)14(19)20/h11-13H,4-10H2,1-3H3,(H,17,21)(H,19,20). The maximum Gasteiger partial charge on any atom is 0.317 e. The first-order valence-corrected chi connectivity index (χ1v) is 8.10. The van der Waals surface area contributed by atoms with E-state index >= 15 is 0 Å². The van der Waals surface area contributed by atoms with Crippen molar-refractivity contribution < 1.29 is 14.7 Å². The van der Waals surface area contributed by atoms with Crippen molar-refractivity contribution in [3.63, 3.8) is 0 Å². The maximum atomic E-state index is 12.4. The summed E-state index contributed by atoms with van der Waals surface area (Å²) >= 11 is 0. The molecule has 2 rings (SSSR count). The number of likely N-dealkylation sites (tertiary alicyclic amines) is 1. The zero-order valence-corrected chi connectivity index (χ0v) is 13.4. The lowest BCUT2D eigenvalue weighted by molar-refractivity contribution is -0.150. The van der Waals surface area contributed by atoms with Crippen LogP contribution in [0.5, 0.6) is 0 Å². The third kappa shape index (κ3) is 3.69. The zero-order valence-electron chi connectivity index (χ0n) is 13.4. The summed E-state index contributed by atoms with van der Waals surface area (Å²) in [6.45, 7) is 7.16. The number of aliphatic carboxylic acids is 1. The van der Waals surface area contributed by atoms with Gasteiger partial charge in [0.05, 0.1) is 5.41 Å². The van der Waals surface area contributed by atoms with Gasteiger partial charge in [0.15, 0.2) is 0 Å². The molecule has 1 saturated heterocycles. The lowest BCUT2D eigenvalue weighted by Gasteiger charge is -2.39. The summed E-state index contributed by atoms with van der Waals surface area (Å²) in [7, 11) is 0. The number of amides is 2. The molecular weight excluding hydrogens is 268 g/mol. The van der Waals surface area contributed by atoms with Crippen LogP contribution in [0.1, 0.15) is 52.9 Å². The molecule has 1 saturated carbocycles. The normalized spacial score (nSPS) is 37.1. The molecule has 0 aromatic carbocycles. The van der Waals surface area contributed by atoms with Crippen molar-refractivity contribution in [2.24, 2.45) is 17.3 Å². The van der Waals surface area contributed by atoms with Gasteiger partial charge in [-0.3, -0.25) is 4.79 Å². The molecule has 5 nitrogen and oxygen atoms in total. The number of hydrogen-bond acceptors (Lipinski definition) is 2. The highest BCUT2D eigenvalue weighted by molar-refractivity contribution is 5.78. The van der Waals surface area contributed by atoms with Crippen LogP contribution >= 0.6 is 0 Å². The summed E-state index contributed by atoms with van der Waals surface area (Å²) in [4.78, 5) is 25.5. The number of carbonyl (C=O) groups excluding carboxylic acids is 1. The number of urea groups is 1. The molecule has 4 atom stereocenters. The lowest BCUT2D eigenvalue weighted by atomic mass is 9.80. The fraction of sp³-hybridized carbons (Fsp3) is 0.875. The van der Waals surface area contributed by atoms with Crippen LogP contribution in [0.4, 0.5) is 4.79 Å². The van der Waals surface area contributed by atoms with Crippen LogP contribution in [0.2, 0.25) is 0 Å². The van der Waals surface area contributed by atoms with Crippen molar-refractivity contribution in [1.82, 2.24) is 10.2 Å². The number of piperidine rings is 1. The fourth-order valence-corrected chi connectivity index (χ4v) is 3.72. The quantitative estimate of drug-likeness (QED) is 0.823. The predicted molar refractivity (Wildman–Crippen MR) is 81.0 cm³/mol. The number of nitrogens with one attached hydrogen (secondary N) is 1. The van der Waals surface area contributed by atoms with E-state index < -0.39 is 11.4 Å². The van der Waals surface area contributed by atoms with Gasteiger partial charge in [-0.1, -0.05) is 13.8 Å². The summed E-state index contributed by atoms with van der Waals surface area (Å²) in [5, 5.41) is 12.5. The van der Waals surface area contributed by atoms with Crippen molar-refractivity contribution in [3.8, 4) is 0 Å². The Balaban J connectivity index is 1.92. The highest BCUT2D eigenvalue weighted by Crippen LogP contribution is 2.31. The Bertz CT molecular complexity index is 412. The van der Waals surface area contributed by atoms with E-state index in [9.17, 15) is 14.7 Å². The highest BCUT2D eigenvalue weighted by Gasteiger charge is 2.40. The minimum absolute atomic E-state index is 0.0893. The van der Waals surface area contributed by atoms with Crippen molar-refractivity contribution in [2.75, 3.05) is 13.1 Å². The Morgan fingerprint density at radius 1 is 1.29 bits per heavy atom. The van der Waals surface area contributed by atoms with E-state index in [0.29, 0.717) is 25.4 Å². The average Bonchev–Trinajstić information content (AvgIpc) is 2.41. The van der Waals surface area contributed by atoms with Gasteiger partial charge in [0.25, 0.3) is 0 Å². The highest BCUT2D eigenvalue weighted by atomic mass is 16.4. The second kappa shape index (κ2) is 6.24. The van der Waals surface area contributed by atoms with Crippen molar-refractivity contribution in [3.05, 3.63) is 0 Å². The van der Waals surface area contributed by atoms with E-state index in [1.54, 1.807) is 11.8 Å². The number of rotatable bonds is 2. The number of hydrogen-bond donors (Lipinski definition) is 2. The Kier molecular flexibility index (Phi) is 4.79. The molecule has 2 N–H and O–H groups in total. The van der Waals surface area contributed by atoms with Crippen molar-refractivity contribution in [2.45, 2.75) is 58.9 Å². The molecule has 0 bridgehead atoms. The number of carboxylic acids is 1. The van der Waals surface area contributed by atoms with Crippen LogP contribution in [0.3, 0.4) is 0 Å². The van der Waals surface area contributed by atoms with Gasteiger partial charge in [0.1, 0.15) is 0 Å². The zero-order chi connectivity index (χ0) is 15.6. The Labute approximate surface area is 127 Å². The van der Waals surface area contributed by atoms with Gasteiger partial charge in [-0.15, -0.1) is 0 Å². The third-order valence-corrected chi connectivity index (χ3v) is 5.24. The predicted octanol–water partition coefficient (Wildman–Crippen LogP) is 2.71. The molecule has 2 amide bonds. The second-order valence-corrected chi connectivity index (χ2v) is 7.34. The largest absolute Gasteiger partial charge is 0.481 e. The molecule has 0 radical (unpaired) electrons. The monoisotopic (exact) mass is 296 g/mol.